The van der Waals surface area contributed by atoms with E-state index in [-0.39, 0.29) is 18.6 Å². The average molecular weight is 326 g/mol. The van der Waals surface area contributed by atoms with Crippen molar-refractivity contribution in [3.05, 3.63) is 34.9 Å². The molecule has 120 valence electrons. The zero-order chi connectivity index (χ0) is 16.9. The molecule has 1 rings (SSSR count). The van der Waals surface area contributed by atoms with Crippen LogP contribution in [0.2, 0.25) is 5.02 Å². The van der Waals surface area contributed by atoms with E-state index in [1.807, 2.05) is 0 Å². The van der Waals surface area contributed by atoms with Gasteiger partial charge < -0.3 is 9.84 Å². The molecular weight excluding hydrogens is 306 g/mol. The maximum atomic E-state index is 11.8. The Morgan fingerprint density at radius 3 is 2.50 bits per heavy atom. The van der Waals surface area contributed by atoms with Crippen LogP contribution in [-0.2, 0) is 20.7 Å². The Labute approximate surface area is 134 Å². The van der Waals surface area contributed by atoms with Crippen molar-refractivity contribution in [2.45, 2.75) is 39.2 Å². The third-order valence-electron chi connectivity index (χ3n) is 2.82. The van der Waals surface area contributed by atoms with Crippen LogP contribution in [0.25, 0.3) is 0 Å². The summed E-state index contributed by atoms with van der Waals surface area (Å²) in [6.07, 6.45) is 0.0117. The summed E-state index contributed by atoms with van der Waals surface area (Å²) in [4.78, 5) is 23.1. The summed E-state index contributed by atoms with van der Waals surface area (Å²) >= 11 is 5.87. The zero-order valence-electron chi connectivity index (χ0n) is 12.9. The Morgan fingerprint density at radius 2 is 2.00 bits per heavy atom. The zero-order valence-corrected chi connectivity index (χ0v) is 13.6. The number of aliphatic carboxylic acids is 1. The molecule has 0 saturated carbocycles. The van der Waals surface area contributed by atoms with E-state index in [0.29, 0.717) is 5.02 Å². The van der Waals surface area contributed by atoms with Crippen molar-refractivity contribution >= 4 is 29.3 Å². The number of hydrogen-bond acceptors (Lipinski definition) is 4. The minimum absolute atomic E-state index is 0.184. The van der Waals surface area contributed by atoms with Crippen molar-refractivity contribution in [1.82, 2.24) is 0 Å². The Kier molecular flexibility index (Phi) is 6.11. The lowest BCUT2D eigenvalue weighted by atomic mass is 9.94. The van der Waals surface area contributed by atoms with Crippen molar-refractivity contribution in [3.63, 3.8) is 0 Å². The number of hydrogen-bond donors (Lipinski definition) is 2. The molecule has 22 heavy (non-hydrogen) atoms. The van der Waals surface area contributed by atoms with Crippen molar-refractivity contribution in [3.8, 4) is 0 Å². The number of carboxylic acids is 1. The number of nitrogens with one attached hydrogen (secondary N) is 1. The predicted molar refractivity (Wildman–Crippen MR) is 84.5 cm³/mol. The molecule has 0 saturated heterocycles. The highest BCUT2D eigenvalue weighted by Gasteiger charge is 2.26. The second-order valence-corrected chi connectivity index (χ2v) is 6.49. The van der Waals surface area contributed by atoms with Gasteiger partial charge in [-0.25, -0.2) is 4.79 Å². The Morgan fingerprint density at radius 1 is 1.36 bits per heavy atom. The molecule has 0 aliphatic rings. The second kappa shape index (κ2) is 7.40. The van der Waals surface area contributed by atoms with Crippen molar-refractivity contribution in [1.29, 1.82) is 5.41 Å². The number of rotatable bonds is 6. The van der Waals surface area contributed by atoms with E-state index >= 15 is 0 Å². The molecule has 0 aliphatic heterocycles. The summed E-state index contributed by atoms with van der Waals surface area (Å²) in [7, 11) is 0. The van der Waals surface area contributed by atoms with Gasteiger partial charge in [0.2, 0.25) is 0 Å². The first-order valence-electron chi connectivity index (χ1n) is 6.86. The van der Waals surface area contributed by atoms with Gasteiger partial charge >= 0.3 is 11.9 Å². The molecule has 2 N–H and O–H groups in total. The third kappa shape index (κ3) is 6.26. The lowest BCUT2D eigenvalue weighted by Crippen LogP contribution is -2.31. The molecule has 6 heteroatoms. The Balaban J connectivity index is 2.74. The van der Waals surface area contributed by atoms with E-state index in [1.165, 1.54) is 0 Å². The second-order valence-electron chi connectivity index (χ2n) is 6.05. The summed E-state index contributed by atoms with van der Waals surface area (Å²) < 4.78 is 5.07. The van der Waals surface area contributed by atoms with Crippen molar-refractivity contribution in [2.75, 3.05) is 0 Å². The molecular formula is C16H20ClNO4. The van der Waals surface area contributed by atoms with Crippen LogP contribution < -0.4 is 0 Å². The van der Waals surface area contributed by atoms with Crippen LogP contribution in [0.3, 0.4) is 0 Å². The highest BCUT2D eigenvalue weighted by molar-refractivity contribution is 6.35. The number of benzene rings is 1. The van der Waals surface area contributed by atoms with Crippen LogP contribution in [0.15, 0.2) is 24.3 Å². The van der Waals surface area contributed by atoms with Gasteiger partial charge in [-0.1, -0.05) is 23.7 Å². The summed E-state index contributed by atoms with van der Waals surface area (Å²) in [5.41, 5.74) is -0.309. The van der Waals surface area contributed by atoms with Crippen LogP contribution >= 0.6 is 11.6 Å². The molecule has 0 amide bonds. The Bertz CT molecular complexity index is 578. The Hall–Kier alpha value is -1.88. The molecule has 0 heterocycles. The summed E-state index contributed by atoms with van der Waals surface area (Å²) in [5.74, 6) is -2.73. The molecule has 0 bridgehead atoms. The van der Waals surface area contributed by atoms with Crippen LogP contribution in [0.5, 0.6) is 0 Å². The number of ether oxygens (including phenoxy) is 1. The molecule has 0 spiro atoms. The number of carboxylic acid groups (broad SMARTS) is 1. The maximum Gasteiger partial charge on any atom is 0.352 e. The lowest BCUT2D eigenvalue weighted by molar-refractivity contribution is -0.146. The molecule has 1 unspecified atom stereocenters. The van der Waals surface area contributed by atoms with Gasteiger partial charge in [0, 0.05) is 11.4 Å². The molecule has 1 atom stereocenters. The van der Waals surface area contributed by atoms with Gasteiger partial charge in [0.05, 0.1) is 5.92 Å². The van der Waals surface area contributed by atoms with Crippen LogP contribution in [-0.4, -0.2) is 28.4 Å². The third-order valence-corrected chi connectivity index (χ3v) is 3.05. The number of carbonyl (C=O) groups excluding carboxylic acids is 1. The molecule has 0 aromatic heterocycles. The van der Waals surface area contributed by atoms with Gasteiger partial charge in [-0.3, -0.25) is 10.2 Å². The van der Waals surface area contributed by atoms with E-state index in [9.17, 15) is 14.7 Å². The SMILES string of the molecule is CC(C)(C)OC(=O)C(=N)CC(Cc1cccc(Cl)c1)C(=O)O. The van der Waals surface area contributed by atoms with Gasteiger partial charge in [-0.05, 0) is 44.9 Å². The predicted octanol–water partition coefficient (Wildman–Crippen LogP) is 3.33. The topological polar surface area (TPSA) is 87.5 Å². The number of esters is 1. The minimum Gasteiger partial charge on any atom is -0.481 e. The van der Waals surface area contributed by atoms with E-state index in [2.05, 4.69) is 0 Å². The van der Waals surface area contributed by atoms with Crippen molar-refractivity contribution < 1.29 is 19.4 Å². The van der Waals surface area contributed by atoms with Crippen LogP contribution in [0.4, 0.5) is 0 Å². The quantitative estimate of drug-likeness (QED) is 0.620. The van der Waals surface area contributed by atoms with Gasteiger partial charge in [0.15, 0.2) is 0 Å². The summed E-state index contributed by atoms with van der Waals surface area (Å²) in [6, 6.07) is 6.87. The lowest BCUT2D eigenvalue weighted by Gasteiger charge is -2.20. The standard InChI is InChI=1S/C16H20ClNO4/c1-16(2,3)22-15(21)13(18)9-11(14(19)20)7-10-5-4-6-12(17)8-10/h4-6,8,11,18H,7,9H2,1-3H3,(H,19,20). The van der Waals surface area contributed by atoms with Crippen LogP contribution in [0.1, 0.15) is 32.8 Å². The van der Waals surface area contributed by atoms with Gasteiger partial charge in [-0.15, -0.1) is 0 Å². The van der Waals surface area contributed by atoms with Gasteiger partial charge in [0.1, 0.15) is 11.3 Å². The molecule has 5 nitrogen and oxygen atoms in total. The first-order valence-corrected chi connectivity index (χ1v) is 7.24. The normalized spacial score (nSPS) is 12.5. The minimum atomic E-state index is -1.06. The molecule has 1 aromatic rings. The summed E-state index contributed by atoms with van der Waals surface area (Å²) in [6.45, 7) is 5.08. The van der Waals surface area contributed by atoms with E-state index < -0.39 is 23.5 Å². The van der Waals surface area contributed by atoms with Gasteiger partial charge in [0.25, 0.3) is 0 Å². The van der Waals surface area contributed by atoms with E-state index in [0.717, 1.165) is 5.56 Å². The first-order chi connectivity index (χ1) is 10.1. The van der Waals surface area contributed by atoms with Crippen LogP contribution in [0, 0.1) is 11.3 Å². The molecule has 0 fully saturated rings. The fourth-order valence-corrected chi connectivity index (χ4v) is 2.08. The summed E-state index contributed by atoms with van der Waals surface area (Å²) in [5, 5.41) is 17.5. The van der Waals surface area contributed by atoms with E-state index in [1.54, 1.807) is 45.0 Å². The number of carbonyl (C=O) groups is 2. The average Bonchev–Trinajstić information content (AvgIpc) is 2.35. The largest absolute Gasteiger partial charge is 0.481 e. The van der Waals surface area contributed by atoms with E-state index in [4.69, 9.17) is 21.7 Å². The fraction of sp³-hybridized carbons (Fsp3) is 0.438. The fourth-order valence-electron chi connectivity index (χ4n) is 1.86. The van der Waals surface area contributed by atoms with Crippen molar-refractivity contribution in [2.24, 2.45) is 5.92 Å². The highest BCUT2D eigenvalue weighted by Crippen LogP contribution is 2.18. The molecule has 1 aromatic carbocycles. The highest BCUT2D eigenvalue weighted by atomic mass is 35.5. The monoisotopic (exact) mass is 325 g/mol. The maximum absolute atomic E-state index is 11.8. The first kappa shape index (κ1) is 18.2. The number of halogens is 1. The smallest absolute Gasteiger partial charge is 0.352 e. The molecule has 0 radical (unpaired) electrons. The van der Waals surface area contributed by atoms with Gasteiger partial charge in [-0.2, -0.15) is 0 Å². The molecule has 0 aliphatic carbocycles.